The van der Waals surface area contributed by atoms with Gasteiger partial charge in [0.25, 0.3) is 0 Å². The van der Waals surface area contributed by atoms with Crippen molar-refractivity contribution in [1.29, 1.82) is 0 Å². The minimum atomic E-state index is 0.740. The summed E-state index contributed by atoms with van der Waals surface area (Å²) in [7, 11) is 0. The van der Waals surface area contributed by atoms with Gasteiger partial charge in [-0.1, -0.05) is 48.5 Å². The van der Waals surface area contributed by atoms with E-state index in [2.05, 4.69) is 127 Å². The zero-order valence-electron chi connectivity index (χ0n) is 28.8. The molecule has 0 radical (unpaired) electrons. The number of aromatic nitrogens is 5. The number of hydrogen-bond acceptors (Lipinski definition) is 4. The molecule has 6 heteroatoms. The average Bonchev–Trinajstić information content (AvgIpc) is 3.84. The highest BCUT2D eigenvalue weighted by Crippen LogP contribution is 2.45. The number of pyridine rings is 3. The average molecular weight is 660 g/mol. The van der Waals surface area contributed by atoms with Crippen molar-refractivity contribution in [2.75, 3.05) is 0 Å². The Morgan fingerprint density at radius 1 is 0.510 bits per heavy atom. The van der Waals surface area contributed by atoms with E-state index in [1.54, 1.807) is 0 Å². The molecule has 0 aliphatic rings. The van der Waals surface area contributed by atoms with E-state index in [0.717, 1.165) is 60.8 Å². The maximum Gasteiger partial charge on any atom is 0.145 e. The largest absolute Gasteiger partial charge is 0.457 e. The molecule has 0 fully saturated rings. The number of ether oxygens (including phenoxy) is 1. The van der Waals surface area contributed by atoms with Gasteiger partial charge in [-0.25, -0.2) is 9.97 Å². The van der Waals surface area contributed by atoms with Crippen LogP contribution in [0.15, 0.2) is 128 Å². The van der Waals surface area contributed by atoms with Crippen LogP contribution < -0.4 is 4.74 Å². The molecule has 0 unspecified atom stereocenters. The van der Waals surface area contributed by atoms with Crippen LogP contribution in [0.5, 0.6) is 11.5 Å². The van der Waals surface area contributed by atoms with Gasteiger partial charge in [0.1, 0.15) is 22.8 Å². The van der Waals surface area contributed by atoms with Crippen molar-refractivity contribution >= 4 is 54.6 Å². The van der Waals surface area contributed by atoms with Crippen LogP contribution in [0, 0.1) is 27.7 Å². The van der Waals surface area contributed by atoms with Crippen molar-refractivity contribution in [1.82, 2.24) is 23.8 Å². The second kappa shape index (κ2) is 11.0. The standard InChI is InChI=1S/C45H33N5O/c1-26-7-5-8-27(2)40(26)34-15-16-35(41-28(3)9-6-10-29(41)4)43-42(34)33-14-12-31(24-37(33)45-48-20-22-50(43)45)51-30-11-13-32-36(23-30)44-47-19-21-49(44)39-17-18-46-25-38(32)39/h5-25H,1-4H3. The van der Waals surface area contributed by atoms with Gasteiger partial charge in [0.05, 0.1) is 11.0 Å². The normalized spacial score (nSPS) is 11.9. The Balaban J connectivity index is 1.22. The molecule has 51 heavy (non-hydrogen) atoms. The maximum absolute atomic E-state index is 6.66. The molecule has 0 atom stereocenters. The Bertz CT molecular complexity index is 3020. The van der Waals surface area contributed by atoms with Crippen molar-refractivity contribution in [2.45, 2.75) is 27.7 Å². The summed E-state index contributed by atoms with van der Waals surface area (Å²) in [5.41, 5.74) is 13.9. The Morgan fingerprint density at radius 2 is 1.08 bits per heavy atom. The number of rotatable bonds is 4. The van der Waals surface area contributed by atoms with Crippen LogP contribution in [0.25, 0.3) is 76.9 Å². The molecule has 5 aromatic carbocycles. The monoisotopic (exact) mass is 659 g/mol. The van der Waals surface area contributed by atoms with Crippen LogP contribution in [-0.4, -0.2) is 23.8 Å². The summed E-state index contributed by atoms with van der Waals surface area (Å²) < 4.78 is 11.0. The van der Waals surface area contributed by atoms with Crippen molar-refractivity contribution < 1.29 is 4.74 Å². The van der Waals surface area contributed by atoms with Crippen LogP contribution in [0.2, 0.25) is 0 Å². The van der Waals surface area contributed by atoms with E-state index in [0.29, 0.717) is 0 Å². The van der Waals surface area contributed by atoms with Crippen LogP contribution >= 0.6 is 0 Å². The molecule has 5 aromatic heterocycles. The fourth-order valence-electron chi connectivity index (χ4n) is 8.32. The smallest absolute Gasteiger partial charge is 0.145 e. The van der Waals surface area contributed by atoms with E-state index in [1.807, 2.05) is 43.1 Å². The predicted octanol–water partition coefficient (Wildman–Crippen LogP) is 11.3. The highest BCUT2D eigenvalue weighted by atomic mass is 16.5. The van der Waals surface area contributed by atoms with Gasteiger partial charge in [-0.3, -0.25) is 13.8 Å². The maximum atomic E-state index is 6.66. The van der Waals surface area contributed by atoms with Gasteiger partial charge < -0.3 is 4.74 Å². The van der Waals surface area contributed by atoms with Crippen molar-refractivity contribution in [3.8, 4) is 33.8 Å². The quantitative estimate of drug-likeness (QED) is 0.176. The Kier molecular flexibility index (Phi) is 6.33. The molecule has 5 heterocycles. The number of hydrogen-bond donors (Lipinski definition) is 0. The minimum absolute atomic E-state index is 0.740. The predicted molar refractivity (Wildman–Crippen MR) is 208 cm³/mol. The molecule has 0 aliphatic carbocycles. The summed E-state index contributed by atoms with van der Waals surface area (Å²) >= 11 is 0. The molecular weight excluding hydrogens is 627 g/mol. The second-order valence-corrected chi connectivity index (χ2v) is 13.6. The Morgan fingerprint density at radius 3 is 1.76 bits per heavy atom. The zero-order chi connectivity index (χ0) is 34.4. The summed E-state index contributed by atoms with van der Waals surface area (Å²) in [5, 5.41) is 6.55. The summed E-state index contributed by atoms with van der Waals surface area (Å²) in [6, 6.07) is 32.4. The minimum Gasteiger partial charge on any atom is -0.457 e. The number of fused-ring (bicyclic) bond motifs is 12. The van der Waals surface area contributed by atoms with Crippen LogP contribution in [0.3, 0.4) is 0 Å². The van der Waals surface area contributed by atoms with Crippen molar-refractivity contribution in [2.24, 2.45) is 0 Å². The highest BCUT2D eigenvalue weighted by Gasteiger charge is 2.21. The number of benzene rings is 5. The SMILES string of the molecule is Cc1cccc(C)c1-c1ccc(-c2c(C)cccc2C)c2c1c1ccc(Oc3ccc4c5cnccc5n5ccnc5c4c3)cc1c1nccn12. The fraction of sp³-hybridized carbons (Fsp3) is 0.0889. The van der Waals surface area contributed by atoms with Gasteiger partial charge >= 0.3 is 0 Å². The molecule has 0 saturated carbocycles. The first-order valence-corrected chi connectivity index (χ1v) is 17.3. The third-order valence-corrected chi connectivity index (χ3v) is 10.5. The van der Waals surface area contributed by atoms with Gasteiger partial charge in [-0.05, 0) is 120 Å². The second-order valence-electron chi connectivity index (χ2n) is 13.6. The van der Waals surface area contributed by atoms with Crippen LogP contribution in [-0.2, 0) is 0 Å². The first kappa shape index (κ1) is 29.4. The molecule has 0 saturated heterocycles. The molecule has 0 amide bonds. The molecule has 6 nitrogen and oxygen atoms in total. The van der Waals surface area contributed by atoms with Gasteiger partial charge in [-0.2, -0.15) is 0 Å². The third kappa shape index (κ3) is 4.33. The van der Waals surface area contributed by atoms with Crippen molar-refractivity contribution in [3.05, 3.63) is 150 Å². The first-order chi connectivity index (χ1) is 25.0. The molecule has 244 valence electrons. The van der Waals surface area contributed by atoms with E-state index < -0.39 is 0 Å². The van der Waals surface area contributed by atoms with E-state index >= 15 is 0 Å². The Labute approximate surface area is 294 Å². The molecule has 0 bridgehead atoms. The molecule has 10 rings (SSSR count). The van der Waals surface area contributed by atoms with Gasteiger partial charge in [0.15, 0.2) is 0 Å². The van der Waals surface area contributed by atoms with E-state index in [1.165, 1.54) is 49.9 Å². The van der Waals surface area contributed by atoms with Crippen LogP contribution in [0.4, 0.5) is 0 Å². The lowest BCUT2D eigenvalue weighted by molar-refractivity contribution is 0.484. The number of imidazole rings is 2. The van der Waals surface area contributed by atoms with Crippen molar-refractivity contribution in [3.63, 3.8) is 0 Å². The fourth-order valence-corrected chi connectivity index (χ4v) is 8.32. The molecule has 0 aliphatic heterocycles. The van der Waals surface area contributed by atoms with Gasteiger partial charge in [0, 0.05) is 64.3 Å². The Hall–Kier alpha value is -6.53. The molecular formula is C45H33N5O. The molecule has 0 N–H and O–H groups in total. The molecule has 10 aromatic rings. The van der Waals surface area contributed by atoms with E-state index in [9.17, 15) is 0 Å². The third-order valence-electron chi connectivity index (χ3n) is 10.5. The summed E-state index contributed by atoms with van der Waals surface area (Å²) in [6.45, 7) is 8.81. The van der Waals surface area contributed by atoms with E-state index in [-0.39, 0.29) is 0 Å². The summed E-state index contributed by atoms with van der Waals surface area (Å²) in [6.07, 6.45) is 11.6. The highest BCUT2D eigenvalue weighted by molar-refractivity contribution is 6.21. The lowest BCUT2D eigenvalue weighted by atomic mass is 9.86. The van der Waals surface area contributed by atoms with Crippen LogP contribution in [0.1, 0.15) is 22.3 Å². The summed E-state index contributed by atoms with van der Waals surface area (Å²) in [5.74, 6) is 1.48. The topological polar surface area (TPSA) is 56.7 Å². The lowest BCUT2D eigenvalue weighted by Gasteiger charge is -2.21. The number of aryl methyl sites for hydroxylation is 4. The molecule has 0 spiro atoms. The van der Waals surface area contributed by atoms with Gasteiger partial charge in [0.2, 0.25) is 0 Å². The first-order valence-electron chi connectivity index (χ1n) is 17.3. The van der Waals surface area contributed by atoms with Gasteiger partial charge in [-0.15, -0.1) is 0 Å². The summed E-state index contributed by atoms with van der Waals surface area (Å²) in [4.78, 5) is 14.1. The van der Waals surface area contributed by atoms with E-state index in [4.69, 9.17) is 14.7 Å². The zero-order valence-corrected chi connectivity index (χ0v) is 28.8. The lowest BCUT2D eigenvalue weighted by Crippen LogP contribution is -1.99. The number of nitrogens with zero attached hydrogens (tertiary/aromatic N) is 5.